The molecule has 49 heavy (non-hydrogen) atoms. The number of aromatic nitrogens is 2. The highest BCUT2D eigenvalue weighted by Crippen LogP contribution is 2.39. The van der Waals surface area contributed by atoms with Gasteiger partial charge in [-0.25, -0.2) is 0 Å². The SMILES string of the molecule is COC(=O)CNC(c1ccccc1)(c1ccccc1)c1ccccc1.Cc1ccc(-c2c(C(F)(F)F)cc(C)n(C)c2=O)c2ncccc12. The van der Waals surface area contributed by atoms with Gasteiger partial charge >= 0.3 is 12.1 Å². The predicted molar refractivity (Wildman–Crippen MR) is 186 cm³/mol. The second-order valence-corrected chi connectivity index (χ2v) is 11.5. The third-order valence-corrected chi connectivity index (χ3v) is 8.58. The van der Waals surface area contributed by atoms with Crippen molar-refractivity contribution in [3.8, 4) is 11.1 Å². The maximum Gasteiger partial charge on any atom is 0.417 e. The van der Waals surface area contributed by atoms with Crippen LogP contribution in [-0.4, -0.2) is 29.2 Å². The van der Waals surface area contributed by atoms with E-state index < -0.39 is 22.8 Å². The summed E-state index contributed by atoms with van der Waals surface area (Å²) in [7, 11) is 2.87. The Hall–Kier alpha value is -5.54. The first-order valence-electron chi connectivity index (χ1n) is 15.6. The molecule has 250 valence electrons. The van der Waals surface area contributed by atoms with Crippen LogP contribution < -0.4 is 10.9 Å². The van der Waals surface area contributed by atoms with E-state index in [1.54, 1.807) is 18.2 Å². The van der Waals surface area contributed by atoms with Crippen molar-refractivity contribution >= 4 is 16.9 Å². The van der Waals surface area contributed by atoms with Gasteiger partial charge in [-0.1, -0.05) is 109 Å². The molecule has 9 heteroatoms. The minimum absolute atomic E-state index is 0.106. The van der Waals surface area contributed by atoms with Gasteiger partial charge in [-0.15, -0.1) is 0 Å². The molecule has 0 saturated heterocycles. The Morgan fingerprint density at radius 3 is 1.82 bits per heavy atom. The van der Waals surface area contributed by atoms with Crippen molar-refractivity contribution in [3.63, 3.8) is 0 Å². The van der Waals surface area contributed by atoms with E-state index in [1.165, 1.54) is 37.9 Å². The number of aryl methyl sites for hydroxylation is 2. The van der Waals surface area contributed by atoms with Crippen molar-refractivity contribution in [2.24, 2.45) is 7.05 Å². The number of methoxy groups -OCH3 is 1. The first-order valence-corrected chi connectivity index (χ1v) is 15.6. The van der Waals surface area contributed by atoms with E-state index in [2.05, 4.69) is 46.7 Å². The lowest BCUT2D eigenvalue weighted by Crippen LogP contribution is -2.47. The van der Waals surface area contributed by atoms with Crippen molar-refractivity contribution in [1.82, 2.24) is 14.9 Å². The van der Waals surface area contributed by atoms with Crippen LogP contribution in [0.15, 0.2) is 132 Å². The summed E-state index contributed by atoms with van der Waals surface area (Å²) in [4.78, 5) is 28.7. The van der Waals surface area contributed by atoms with Gasteiger partial charge in [-0.3, -0.25) is 19.9 Å². The number of hydrogen-bond donors (Lipinski definition) is 1. The van der Waals surface area contributed by atoms with E-state index in [4.69, 9.17) is 4.74 Å². The summed E-state index contributed by atoms with van der Waals surface area (Å²) in [6.07, 6.45) is -3.11. The molecule has 2 heterocycles. The van der Waals surface area contributed by atoms with Gasteiger partial charge in [0.1, 0.15) is 0 Å². The zero-order valence-corrected chi connectivity index (χ0v) is 27.6. The van der Waals surface area contributed by atoms with Gasteiger partial charge < -0.3 is 9.30 Å². The summed E-state index contributed by atoms with van der Waals surface area (Å²) < 4.78 is 46.7. The van der Waals surface area contributed by atoms with Crippen LogP contribution in [0.3, 0.4) is 0 Å². The number of pyridine rings is 2. The molecule has 0 unspecified atom stereocenters. The van der Waals surface area contributed by atoms with E-state index in [0.29, 0.717) is 5.52 Å². The zero-order chi connectivity index (χ0) is 35.2. The van der Waals surface area contributed by atoms with E-state index in [-0.39, 0.29) is 29.3 Å². The van der Waals surface area contributed by atoms with Crippen LogP contribution in [0.5, 0.6) is 0 Å². The van der Waals surface area contributed by atoms with Crippen molar-refractivity contribution in [3.05, 3.63) is 171 Å². The second kappa shape index (κ2) is 14.7. The molecular weight excluding hydrogens is 627 g/mol. The lowest BCUT2D eigenvalue weighted by Gasteiger charge is -2.36. The number of ether oxygens (including phenoxy) is 1. The molecule has 0 bridgehead atoms. The van der Waals surface area contributed by atoms with Crippen molar-refractivity contribution < 1.29 is 22.7 Å². The molecule has 0 amide bonds. The normalized spacial score (nSPS) is 11.5. The highest BCUT2D eigenvalue weighted by atomic mass is 19.4. The Labute approximate surface area is 282 Å². The van der Waals surface area contributed by atoms with Crippen molar-refractivity contribution in [2.75, 3.05) is 13.7 Å². The minimum atomic E-state index is -4.63. The molecule has 4 aromatic carbocycles. The largest absolute Gasteiger partial charge is 0.468 e. The number of hydrogen-bond acceptors (Lipinski definition) is 5. The van der Waals surface area contributed by atoms with E-state index in [0.717, 1.165) is 33.7 Å². The first-order chi connectivity index (χ1) is 23.5. The highest BCUT2D eigenvalue weighted by molar-refractivity contribution is 5.96. The number of carbonyl (C=O) groups is 1. The standard InChI is InChI=1S/C22H21NO2.C18H15F3N2O/c1-25-21(24)17-23-22(18-11-5-2-6-12-18,19-13-7-3-8-14-19)20-15-9-4-10-16-20;1-10-6-7-13(16-12(10)5-4-8-22-16)15-14(18(19,20)21)9-11(2)23(3)17(15)24/h2-16,23H,17H2,1H3;4-9H,1-3H3. The molecule has 6 nitrogen and oxygen atoms in total. The predicted octanol–water partition coefficient (Wildman–Crippen LogP) is 7.98. The Bertz CT molecular complexity index is 2020. The Balaban J connectivity index is 0.000000191. The molecule has 1 N–H and O–H groups in total. The fourth-order valence-corrected chi connectivity index (χ4v) is 5.97. The molecule has 6 rings (SSSR count). The van der Waals surface area contributed by atoms with Gasteiger partial charge in [0, 0.05) is 29.9 Å². The molecule has 6 aromatic rings. The fraction of sp³-hybridized carbons (Fsp3) is 0.175. The number of fused-ring (bicyclic) bond motifs is 1. The van der Waals surface area contributed by atoms with E-state index in [1.807, 2.05) is 61.5 Å². The Morgan fingerprint density at radius 1 is 0.796 bits per heavy atom. The molecule has 0 fully saturated rings. The summed E-state index contributed by atoms with van der Waals surface area (Å²) in [5.41, 5.74) is 2.31. The summed E-state index contributed by atoms with van der Waals surface area (Å²) in [6, 6.07) is 38.2. The highest BCUT2D eigenvalue weighted by Gasteiger charge is 2.37. The van der Waals surface area contributed by atoms with Crippen LogP contribution in [0.25, 0.3) is 22.0 Å². The van der Waals surface area contributed by atoms with Gasteiger partial charge in [0.05, 0.1) is 35.8 Å². The molecular formula is C40H36F3N3O3. The van der Waals surface area contributed by atoms with E-state index >= 15 is 0 Å². The Kier molecular flexibility index (Phi) is 10.4. The lowest BCUT2D eigenvalue weighted by molar-refractivity contribution is -0.140. The number of benzene rings is 4. The second-order valence-electron chi connectivity index (χ2n) is 11.5. The molecule has 0 spiro atoms. The monoisotopic (exact) mass is 663 g/mol. The molecule has 0 radical (unpaired) electrons. The van der Waals surface area contributed by atoms with Gasteiger partial charge in [-0.05, 0) is 48.2 Å². The number of nitrogens with zero attached hydrogens (tertiary/aromatic N) is 2. The van der Waals surface area contributed by atoms with Crippen LogP contribution in [0.2, 0.25) is 0 Å². The van der Waals surface area contributed by atoms with Gasteiger partial charge in [0.15, 0.2) is 0 Å². The summed E-state index contributed by atoms with van der Waals surface area (Å²) >= 11 is 0. The molecule has 0 aliphatic rings. The molecule has 2 aromatic heterocycles. The molecule has 0 aliphatic heterocycles. The van der Waals surface area contributed by atoms with Crippen LogP contribution in [0, 0.1) is 13.8 Å². The number of rotatable bonds is 7. The number of nitrogens with one attached hydrogen (secondary N) is 1. The average molecular weight is 664 g/mol. The number of carbonyl (C=O) groups excluding carboxylic acids is 1. The van der Waals surface area contributed by atoms with Gasteiger partial charge in [0.2, 0.25) is 0 Å². The molecule has 0 aliphatic carbocycles. The van der Waals surface area contributed by atoms with Crippen molar-refractivity contribution in [2.45, 2.75) is 25.6 Å². The van der Waals surface area contributed by atoms with Crippen molar-refractivity contribution in [1.29, 1.82) is 0 Å². The van der Waals surface area contributed by atoms with E-state index in [9.17, 15) is 22.8 Å². The molecule has 0 atom stereocenters. The van der Waals surface area contributed by atoms with Gasteiger partial charge in [0.25, 0.3) is 5.56 Å². The Morgan fingerprint density at radius 2 is 1.33 bits per heavy atom. The fourth-order valence-electron chi connectivity index (χ4n) is 5.97. The number of esters is 1. The third-order valence-electron chi connectivity index (χ3n) is 8.58. The third kappa shape index (κ3) is 7.17. The maximum atomic E-state index is 13.5. The summed E-state index contributed by atoms with van der Waals surface area (Å²) in [5.74, 6) is -0.299. The maximum absolute atomic E-state index is 13.5. The zero-order valence-electron chi connectivity index (χ0n) is 27.6. The van der Waals surface area contributed by atoms with Gasteiger partial charge in [-0.2, -0.15) is 13.2 Å². The van der Waals surface area contributed by atoms with Crippen LogP contribution in [-0.2, 0) is 28.3 Å². The van der Waals surface area contributed by atoms with Crippen LogP contribution in [0.1, 0.15) is 33.5 Å². The minimum Gasteiger partial charge on any atom is -0.468 e. The lowest BCUT2D eigenvalue weighted by atomic mass is 9.77. The number of halogens is 3. The summed E-state index contributed by atoms with van der Waals surface area (Å²) in [6.45, 7) is 3.44. The number of alkyl halides is 3. The smallest absolute Gasteiger partial charge is 0.417 e. The molecule has 0 saturated carbocycles. The topological polar surface area (TPSA) is 73.2 Å². The first kappa shape index (κ1) is 34.8. The summed E-state index contributed by atoms with van der Waals surface area (Å²) in [5, 5.41) is 4.19. The quantitative estimate of drug-likeness (QED) is 0.139. The average Bonchev–Trinajstić information content (AvgIpc) is 3.12. The van der Waals surface area contributed by atoms with Crippen LogP contribution >= 0.6 is 0 Å². The van der Waals surface area contributed by atoms with Crippen LogP contribution in [0.4, 0.5) is 13.2 Å².